The number of phenols is 1. The molecule has 3 aliphatic rings. The van der Waals surface area contributed by atoms with Crippen molar-refractivity contribution in [3.8, 4) is 5.75 Å². The molecule has 30 heavy (non-hydrogen) atoms. The first kappa shape index (κ1) is 19.7. The van der Waals surface area contributed by atoms with E-state index < -0.39 is 11.4 Å². The molecule has 1 aromatic carbocycles. The van der Waals surface area contributed by atoms with Crippen LogP contribution >= 0.6 is 11.6 Å². The van der Waals surface area contributed by atoms with Crippen LogP contribution in [0.4, 0.5) is 5.69 Å². The fourth-order valence-electron chi connectivity index (χ4n) is 5.54. The van der Waals surface area contributed by atoms with Crippen LogP contribution in [0.1, 0.15) is 55.4 Å². The van der Waals surface area contributed by atoms with Gasteiger partial charge >= 0.3 is 5.97 Å². The first-order valence-corrected chi connectivity index (χ1v) is 11.0. The number of pyridine rings is 1. The van der Waals surface area contributed by atoms with Crippen LogP contribution in [0.25, 0.3) is 10.9 Å². The highest BCUT2D eigenvalue weighted by molar-refractivity contribution is 6.38. The predicted molar refractivity (Wildman–Crippen MR) is 116 cm³/mol. The summed E-state index contributed by atoms with van der Waals surface area (Å²) in [6, 6.07) is 1.47. The number of benzene rings is 1. The molecule has 1 aromatic heterocycles. The van der Waals surface area contributed by atoms with E-state index >= 15 is 0 Å². The highest BCUT2D eigenvalue weighted by atomic mass is 35.5. The number of fused-ring (bicyclic) bond motifs is 1. The average Bonchev–Trinajstić information content (AvgIpc) is 3.59. The van der Waals surface area contributed by atoms with Crippen LogP contribution in [0.3, 0.4) is 0 Å². The maximum absolute atomic E-state index is 12.8. The highest BCUT2D eigenvalue weighted by Gasteiger charge is 2.54. The number of anilines is 1. The van der Waals surface area contributed by atoms with Gasteiger partial charge in [-0.3, -0.25) is 4.79 Å². The molecule has 8 heteroatoms. The number of carboxylic acids is 1. The van der Waals surface area contributed by atoms with E-state index in [1.807, 2.05) is 0 Å². The van der Waals surface area contributed by atoms with Gasteiger partial charge in [-0.2, -0.15) is 0 Å². The second-order valence-corrected chi connectivity index (χ2v) is 9.57. The summed E-state index contributed by atoms with van der Waals surface area (Å²) in [5.74, 6) is -0.926. The number of aromatic nitrogens is 1. The highest BCUT2D eigenvalue weighted by Crippen LogP contribution is 2.58. The molecular weight excluding hydrogens is 406 g/mol. The minimum absolute atomic E-state index is 0.0163. The lowest BCUT2D eigenvalue weighted by Gasteiger charge is -2.44. The molecule has 3 fully saturated rings. The van der Waals surface area contributed by atoms with E-state index in [1.165, 1.54) is 12.3 Å². The van der Waals surface area contributed by atoms with Crippen LogP contribution in [-0.4, -0.2) is 39.9 Å². The number of rotatable bonds is 4. The second-order valence-electron chi connectivity index (χ2n) is 9.19. The average molecular weight is 432 g/mol. The van der Waals surface area contributed by atoms with Crippen molar-refractivity contribution in [1.29, 1.82) is 0 Å². The molecule has 2 aromatic rings. The number of nitrogens with two attached hydrogens (primary N) is 1. The zero-order valence-electron chi connectivity index (χ0n) is 16.9. The lowest BCUT2D eigenvalue weighted by Crippen LogP contribution is -2.54. The van der Waals surface area contributed by atoms with Crippen molar-refractivity contribution in [2.75, 3.05) is 18.0 Å². The molecule has 4 N–H and O–H groups in total. The van der Waals surface area contributed by atoms with Gasteiger partial charge in [-0.05, 0) is 43.1 Å². The van der Waals surface area contributed by atoms with Gasteiger partial charge in [0.05, 0.1) is 15.9 Å². The van der Waals surface area contributed by atoms with E-state index in [2.05, 4.69) is 11.8 Å². The van der Waals surface area contributed by atoms with Gasteiger partial charge in [0.15, 0.2) is 0 Å². The fourth-order valence-corrected chi connectivity index (χ4v) is 5.95. The Morgan fingerprint density at radius 1 is 1.37 bits per heavy atom. The zero-order chi connectivity index (χ0) is 21.4. The smallest absolute Gasteiger partial charge is 0.341 e. The quantitative estimate of drug-likeness (QED) is 0.685. The summed E-state index contributed by atoms with van der Waals surface area (Å²) in [4.78, 5) is 26.5. The minimum Gasteiger partial charge on any atom is -0.506 e. The predicted octanol–water partition coefficient (Wildman–Crippen LogP) is 3.35. The van der Waals surface area contributed by atoms with Crippen LogP contribution < -0.4 is 16.1 Å². The maximum atomic E-state index is 12.8. The number of carboxylic acid groups (broad SMARTS) is 1. The minimum atomic E-state index is -1.28. The Morgan fingerprint density at radius 3 is 2.63 bits per heavy atom. The van der Waals surface area contributed by atoms with E-state index in [9.17, 15) is 19.8 Å². The number of nitrogens with zero attached hydrogens (tertiary/aromatic N) is 2. The third kappa shape index (κ3) is 2.82. The Kier molecular flexibility index (Phi) is 4.35. The molecule has 1 unspecified atom stereocenters. The molecule has 2 atom stereocenters. The molecule has 7 nitrogen and oxygen atoms in total. The van der Waals surface area contributed by atoms with Crippen LogP contribution in [0.5, 0.6) is 5.75 Å². The number of hydrogen-bond acceptors (Lipinski definition) is 5. The molecule has 0 radical (unpaired) electrons. The van der Waals surface area contributed by atoms with Crippen LogP contribution in [0.2, 0.25) is 5.02 Å². The zero-order valence-corrected chi connectivity index (χ0v) is 17.7. The number of aromatic hydroxyl groups is 1. The molecule has 2 aliphatic carbocycles. The van der Waals surface area contributed by atoms with Crippen molar-refractivity contribution in [3.05, 3.63) is 33.1 Å². The molecule has 1 aliphatic heterocycles. The van der Waals surface area contributed by atoms with Gasteiger partial charge in [0.1, 0.15) is 17.0 Å². The van der Waals surface area contributed by atoms with Crippen molar-refractivity contribution in [2.45, 2.75) is 51.1 Å². The Hall–Kier alpha value is -2.25. The van der Waals surface area contributed by atoms with E-state index in [-0.39, 0.29) is 34.2 Å². The summed E-state index contributed by atoms with van der Waals surface area (Å²) in [6.45, 7) is 3.54. The lowest BCUT2D eigenvalue weighted by atomic mass is 9.77. The number of piperidine rings is 1. The summed E-state index contributed by atoms with van der Waals surface area (Å²) < 4.78 is 1.80. The second kappa shape index (κ2) is 6.62. The molecule has 1 spiro atoms. The number of phenolic OH excluding ortho intramolecular Hbond substituents is 1. The van der Waals surface area contributed by atoms with Crippen molar-refractivity contribution >= 4 is 34.2 Å². The molecule has 0 bridgehead atoms. The first-order chi connectivity index (χ1) is 14.3. The summed E-state index contributed by atoms with van der Waals surface area (Å²) in [6.07, 6.45) is 6.48. The first-order valence-electron chi connectivity index (χ1n) is 10.6. The van der Waals surface area contributed by atoms with E-state index in [0.717, 1.165) is 38.6 Å². The van der Waals surface area contributed by atoms with Gasteiger partial charge in [-0.25, -0.2) is 4.79 Å². The molecule has 160 valence electrons. The van der Waals surface area contributed by atoms with Crippen LogP contribution in [-0.2, 0) is 0 Å². The van der Waals surface area contributed by atoms with Gasteiger partial charge in [-0.1, -0.05) is 24.9 Å². The third-order valence-electron chi connectivity index (χ3n) is 7.27. The fraction of sp³-hybridized carbons (Fsp3) is 0.545. The molecule has 2 heterocycles. The number of carbonyl (C=O) groups is 1. The monoisotopic (exact) mass is 431 g/mol. The summed E-state index contributed by atoms with van der Waals surface area (Å²) in [7, 11) is 0. The Bertz CT molecular complexity index is 1120. The van der Waals surface area contributed by atoms with Gasteiger partial charge in [0, 0.05) is 31.4 Å². The number of hydrogen-bond donors (Lipinski definition) is 3. The van der Waals surface area contributed by atoms with Crippen molar-refractivity contribution in [1.82, 2.24) is 4.57 Å². The lowest BCUT2D eigenvalue weighted by molar-refractivity contribution is 0.0695. The van der Waals surface area contributed by atoms with E-state index in [1.54, 1.807) is 4.57 Å². The van der Waals surface area contributed by atoms with Crippen molar-refractivity contribution < 1.29 is 15.0 Å². The van der Waals surface area contributed by atoms with Gasteiger partial charge < -0.3 is 25.4 Å². The summed E-state index contributed by atoms with van der Waals surface area (Å²) >= 11 is 6.84. The molecule has 2 saturated carbocycles. The van der Waals surface area contributed by atoms with Gasteiger partial charge in [-0.15, -0.1) is 0 Å². The molecular formula is C22H26ClN3O4. The topological polar surface area (TPSA) is 109 Å². The molecule has 0 amide bonds. The SMILES string of the molecule is CC[C@@H]1C(N)CN(c2c(O)cc3c(=O)c(C(=O)O)cn(C4CC4)c3c2Cl)CC12CC2. The summed E-state index contributed by atoms with van der Waals surface area (Å²) in [5, 5.41) is 20.8. The Labute approximate surface area is 179 Å². The Balaban J connectivity index is 1.69. The molecule has 1 saturated heterocycles. The summed E-state index contributed by atoms with van der Waals surface area (Å²) in [5.41, 5.74) is 6.76. The van der Waals surface area contributed by atoms with Crippen LogP contribution in [0, 0.1) is 11.3 Å². The third-order valence-corrected chi connectivity index (χ3v) is 7.63. The van der Waals surface area contributed by atoms with Crippen molar-refractivity contribution in [2.24, 2.45) is 17.1 Å². The maximum Gasteiger partial charge on any atom is 0.341 e. The van der Waals surface area contributed by atoms with Gasteiger partial charge in [0.2, 0.25) is 5.43 Å². The van der Waals surface area contributed by atoms with Gasteiger partial charge in [0.25, 0.3) is 0 Å². The molecule has 5 rings (SSSR count). The van der Waals surface area contributed by atoms with Crippen LogP contribution in [0.15, 0.2) is 17.1 Å². The van der Waals surface area contributed by atoms with Crippen molar-refractivity contribution in [3.63, 3.8) is 0 Å². The van der Waals surface area contributed by atoms with E-state index in [4.69, 9.17) is 17.3 Å². The number of aromatic carboxylic acids is 1. The normalized spacial score (nSPS) is 25.1. The number of halogens is 1. The van der Waals surface area contributed by atoms with E-state index in [0.29, 0.717) is 28.7 Å². The Morgan fingerprint density at radius 2 is 2.07 bits per heavy atom. The largest absolute Gasteiger partial charge is 0.506 e. The standard InChI is InChI=1S/C22H26ClN3O4/c1-2-14-15(24)9-25(10-22(14)5-6-22)19-16(27)7-12-18(17(19)23)26(11-3-4-11)8-13(20(12)28)21(29)30/h7-8,11,14-15,27H,2-6,9-10,24H2,1H3,(H,29,30)/t14-,15?/m1/s1.